The van der Waals surface area contributed by atoms with Crippen molar-refractivity contribution in [1.29, 1.82) is 0 Å². The molecule has 0 saturated carbocycles. The third-order valence-corrected chi connectivity index (χ3v) is 1.89. The summed E-state index contributed by atoms with van der Waals surface area (Å²) in [6.07, 6.45) is 0. The molecular formula is C9H11N3O. The second-order valence-corrected chi connectivity index (χ2v) is 3.16. The number of rotatable bonds is 1. The molecule has 0 aliphatic carbocycles. The fraction of sp³-hybridized carbons (Fsp3) is 0.333. The summed E-state index contributed by atoms with van der Waals surface area (Å²) in [6, 6.07) is 2.05. The lowest BCUT2D eigenvalue weighted by Crippen LogP contribution is -1.80. The van der Waals surface area contributed by atoms with Crippen molar-refractivity contribution in [2.75, 3.05) is 0 Å². The minimum atomic E-state index is 0.558. The van der Waals surface area contributed by atoms with E-state index in [2.05, 4.69) is 21.2 Å². The van der Waals surface area contributed by atoms with Crippen LogP contribution in [0.15, 0.2) is 10.6 Å². The van der Waals surface area contributed by atoms with E-state index in [0.717, 1.165) is 17.0 Å². The van der Waals surface area contributed by atoms with Gasteiger partial charge in [-0.05, 0) is 32.4 Å². The van der Waals surface area contributed by atoms with Crippen LogP contribution in [0.3, 0.4) is 0 Å². The van der Waals surface area contributed by atoms with E-state index in [4.69, 9.17) is 4.52 Å². The SMILES string of the molecule is Cc1noc(-c2[nH]c(C)cc2C)n1. The van der Waals surface area contributed by atoms with Crippen molar-refractivity contribution in [1.82, 2.24) is 15.1 Å². The summed E-state index contributed by atoms with van der Waals surface area (Å²) < 4.78 is 5.05. The molecule has 0 aliphatic rings. The lowest BCUT2D eigenvalue weighted by molar-refractivity contribution is 0.424. The van der Waals surface area contributed by atoms with E-state index in [9.17, 15) is 0 Å². The number of hydrogen-bond donors (Lipinski definition) is 1. The zero-order valence-corrected chi connectivity index (χ0v) is 7.88. The molecule has 0 aromatic carbocycles. The van der Waals surface area contributed by atoms with Gasteiger partial charge in [0.25, 0.3) is 5.89 Å². The van der Waals surface area contributed by atoms with Crippen LogP contribution in [0, 0.1) is 20.8 Å². The topological polar surface area (TPSA) is 54.7 Å². The van der Waals surface area contributed by atoms with Gasteiger partial charge in [0.2, 0.25) is 0 Å². The van der Waals surface area contributed by atoms with Crippen molar-refractivity contribution in [3.63, 3.8) is 0 Å². The fourth-order valence-electron chi connectivity index (χ4n) is 1.35. The van der Waals surface area contributed by atoms with Crippen LogP contribution in [0.2, 0.25) is 0 Å². The third-order valence-electron chi connectivity index (χ3n) is 1.89. The molecule has 0 radical (unpaired) electrons. The van der Waals surface area contributed by atoms with Crippen LogP contribution in [-0.4, -0.2) is 15.1 Å². The molecule has 2 rings (SSSR count). The van der Waals surface area contributed by atoms with Gasteiger partial charge in [-0.2, -0.15) is 4.98 Å². The molecule has 0 saturated heterocycles. The Bertz CT molecular complexity index is 428. The number of H-pyrrole nitrogens is 1. The summed E-state index contributed by atoms with van der Waals surface area (Å²) in [5.41, 5.74) is 3.14. The van der Waals surface area contributed by atoms with Gasteiger partial charge in [0.05, 0.1) is 0 Å². The van der Waals surface area contributed by atoms with Crippen LogP contribution in [0.25, 0.3) is 11.6 Å². The lowest BCUT2D eigenvalue weighted by atomic mass is 10.2. The molecule has 13 heavy (non-hydrogen) atoms. The van der Waals surface area contributed by atoms with E-state index in [1.165, 1.54) is 0 Å². The molecule has 4 nitrogen and oxygen atoms in total. The van der Waals surface area contributed by atoms with Crippen molar-refractivity contribution >= 4 is 0 Å². The molecule has 2 aromatic rings. The Morgan fingerprint density at radius 3 is 2.54 bits per heavy atom. The van der Waals surface area contributed by atoms with Crippen LogP contribution in [0.4, 0.5) is 0 Å². The summed E-state index contributed by atoms with van der Waals surface area (Å²) in [7, 11) is 0. The molecule has 1 N–H and O–H groups in total. The molecular weight excluding hydrogens is 166 g/mol. The highest BCUT2D eigenvalue weighted by molar-refractivity contribution is 5.53. The fourth-order valence-corrected chi connectivity index (χ4v) is 1.35. The molecule has 2 aromatic heterocycles. The average molecular weight is 177 g/mol. The van der Waals surface area contributed by atoms with Crippen LogP contribution in [0.1, 0.15) is 17.1 Å². The first-order valence-electron chi connectivity index (χ1n) is 4.13. The number of nitrogens with zero attached hydrogens (tertiary/aromatic N) is 2. The smallest absolute Gasteiger partial charge is 0.274 e. The third kappa shape index (κ3) is 1.35. The molecule has 0 bridgehead atoms. The number of nitrogens with one attached hydrogen (secondary N) is 1. The highest BCUT2D eigenvalue weighted by atomic mass is 16.5. The van der Waals surface area contributed by atoms with E-state index in [-0.39, 0.29) is 0 Å². The summed E-state index contributed by atoms with van der Waals surface area (Å²) in [5.74, 6) is 1.21. The van der Waals surface area contributed by atoms with E-state index >= 15 is 0 Å². The molecule has 0 amide bonds. The standard InChI is InChI=1S/C9H11N3O/c1-5-4-6(2)10-8(5)9-11-7(3)12-13-9/h4,10H,1-3H3. The van der Waals surface area contributed by atoms with Crippen molar-refractivity contribution < 1.29 is 4.52 Å². The van der Waals surface area contributed by atoms with Gasteiger partial charge in [-0.1, -0.05) is 5.16 Å². The van der Waals surface area contributed by atoms with Gasteiger partial charge in [-0.3, -0.25) is 0 Å². The Kier molecular flexibility index (Phi) is 1.69. The molecule has 0 spiro atoms. The van der Waals surface area contributed by atoms with Gasteiger partial charge < -0.3 is 9.51 Å². The Morgan fingerprint density at radius 1 is 1.31 bits per heavy atom. The molecule has 4 heteroatoms. The summed E-state index contributed by atoms with van der Waals surface area (Å²) in [6.45, 7) is 5.82. The first-order chi connectivity index (χ1) is 6.16. The van der Waals surface area contributed by atoms with Crippen LogP contribution in [0.5, 0.6) is 0 Å². The quantitative estimate of drug-likeness (QED) is 0.724. The van der Waals surface area contributed by atoms with Gasteiger partial charge in [-0.15, -0.1) is 0 Å². The first kappa shape index (κ1) is 8.04. The van der Waals surface area contributed by atoms with E-state index < -0.39 is 0 Å². The number of aryl methyl sites for hydroxylation is 3. The normalized spacial score (nSPS) is 10.7. The van der Waals surface area contributed by atoms with E-state index in [0.29, 0.717) is 11.7 Å². The van der Waals surface area contributed by atoms with Gasteiger partial charge in [-0.25, -0.2) is 0 Å². The summed E-state index contributed by atoms with van der Waals surface area (Å²) >= 11 is 0. The predicted molar refractivity (Wildman–Crippen MR) is 48.3 cm³/mol. The second kappa shape index (κ2) is 2.73. The van der Waals surface area contributed by atoms with Crippen LogP contribution >= 0.6 is 0 Å². The van der Waals surface area contributed by atoms with Crippen molar-refractivity contribution in [2.24, 2.45) is 0 Å². The Morgan fingerprint density at radius 2 is 2.08 bits per heavy atom. The largest absolute Gasteiger partial charge is 0.354 e. The molecule has 2 heterocycles. The number of aromatic amines is 1. The minimum absolute atomic E-state index is 0.558. The highest BCUT2D eigenvalue weighted by Crippen LogP contribution is 2.20. The first-order valence-corrected chi connectivity index (χ1v) is 4.13. The predicted octanol–water partition coefficient (Wildman–Crippen LogP) is 1.99. The minimum Gasteiger partial charge on any atom is -0.354 e. The van der Waals surface area contributed by atoms with Crippen molar-refractivity contribution in [2.45, 2.75) is 20.8 Å². The Hall–Kier alpha value is -1.58. The van der Waals surface area contributed by atoms with Crippen molar-refractivity contribution in [3.8, 4) is 11.6 Å². The lowest BCUT2D eigenvalue weighted by Gasteiger charge is -1.89. The average Bonchev–Trinajstić information content (AvgIpc) is 2.58. The maximum absolute atomic E-state index is 5.05. The van der Waals surface area contributed by atoms with Gasteiger partial charge in [0.15, 0.2) is 5.82 Å². The number of aromatic nitrogens is 3. The van der Waals surface area contributed by atoms with Crippen LogP contribution in [-0.2, 0) is 0 Å². The molecule has 0 atom stereocenters. The maximum Gasteiger partial charge on any atom is 0.274 e. The monoisotopic (exact) mass is 177 g/mol. The highest BCUT2D eigenvalue weighted by Gasteiger charge is 2.10. The second-order valence-electron chi connectivity index (χ2n) is 3.16. The zero-order valence-electron chi connectivity index (χ0n) is 7.88. The molecule has 68 valence electrons. The van der Waals surface area contributed by atoms with Crippen molar-refractivity contribution in [3.05, 3.63) is 23.1 Å². The summed E-state index contributed by atoms with van der Waals surface area (Å²) in [5, 5.41) is 3.74. The summed E-state index contributed by atoms with van der Waals surface area (Å²) in [4.78, 5) is 7.32. The number of hydrogen-bond acceptors (Lipinski definition) is 3. The van der Waals surface area contributed by atoms with E-state index in [1.807, 2.05) is 13.8 Å². The van der Waals surface area contributed by atoms with Gasteiger partial charge >= 0.3 is 0 Å². The van der Waals surface area contributed by atoms with Crippen LogP contribution < -0.4 is 0 Å². The van der Waals surface area contributed by atoms with Gasteiger partial charge in [0, 0.05) is 5.69 Å². The maximum atomic E-state index is 5.05. The Balaban J connectivity index is 2.51. The zero-order chi connectivity index (χ0) is 9.42. The molecule has 0 fully saturated rings. The molecule has 0 unspecified atom stereocenters. The molecule has 0 aliphatic heterocycles. The van der Waals surface area contributed by atoms with E-state index in [1.54, 1.807) is 6.92 Å². The Labute approximate surface area is 76.0 Å². The van der Waals surface area contributed by atoms with Gasteiger partial charge in [0.1, 0.15) is 5.69 Å².